The monoisotopic (exact) mass is 315 g/mol. The van der Waals surface area contributed by atoms with E-state index >= 15 is 0 Å². The molecule has 0 spiro atoms. The van der Waals surface area contributed by atoms with Crippen molar-refractivity contribution in [2.24, 2.45) is 0 Å². The first-order valence-electron chi connectivity index (χ1n) is 4.55. The lowest BCUT2D eigenvalue weighted by Gasteiger charge is -2.42. The maximum atomic E-state index is 3.20. The maximum Gasteiger partial charge on any atom is 0.0455 e. The molecule has 5 heteroatoms. The van der Waals surface area contributed by atoms with Crippen LogP contribution in [0.25, 0.3) is 0 Å². The summed E-state index contributed by atoms with van der Waals surface area (Å²) in [5.74, 6) is 0. The quantitative estimate of drug-likeness (QED) is 0.371. The Hall–Kier alpha value is 0.960. The molecule has 1 fully saturated rings. The van der Waals surface area contributed by atoms with Gasteiger partial charge < -0.3 is 0 Å². The maximum absolute atomic E-state index is 3.20. The third kappa shape index (κ3) is 2.95. The predicted octanol–water partition coefficient (Wildman–Crippen LogP) is 1.91. The second kappa shape index (κ2) is 5.16. The van der Waals surface area contributed by atoms with Crippen LogP contribution in [0.1, 0.15) is 19.8 Å². The second-order valence-corrected chi connectivity index (χ2v) is 5.46. The molecule has 0 unspecified atom stereocenters. The summed E-state index contributed by atoms with van der Waals surface area (Å²) in [4.78, 5) is 0. The lowest BCUT2D eigenvalue weighted by molar-refractivity contribution is 0.128. The van der Waals surface area contributed by atoms with Crippen LogP contribution in [-0.2, 0) is 0 Å². The van der Waals surface area contributed by atoms with E-state index in [-0.39, 0.29) is 0 Å². The van der Waals surface area contributed by atoms with Crippen LogP contribution in [0.5, 0.6) is 0 Å². The Kier molecular flexibility index (Phi) is 4.77. The number of halogens is 1. The highest BCUT2D eigenvalue weighted by Crippen LogP contribution is 2.31. The fourth-order valence-electron chi connectivity index (χ4n) is 1.62. The largest absolute Gasteiger partial charge is 0.251 e. The van der Waals surface area contributed by atoms with Crippen molar-refractivity contribution in [1.29, 1.82) is 0 Å². The Labute approximate surface area is 99.2 Å². The average molecular weight is 315 g/mol. The minimum Gasteiger partial charge on any atom is -0.251 e. The Morgan fingerprint density at radius 3 is 2.38 bits per heavy atom. The van der Waals surface area contributed by atoms with Gasteiger partial charge >= 0.3 is 0 Å². The summed E-state index contributed by atoms with van der Waals surface area (Å²) < 4.78 is 4.64. The van der Waals surface area contributed by atoms with Crippen molar-refractivity contribution in [3.63, 3.8) is 0 Å². The molecular weight excluding hydrogens is 297 g/mol. The van der Waals surface area contributed by atoms with Gasteiger partial charge in [-0.2, -0.15) is 3.22 Å². The molecule has 0 aromatic carbocycles. The van der Waals surface area contributed by atoms with Gasteiger partial charge in [0, 0.05) is 41.5 Å². The SMILES string of the molecule is CNN(I)C1(C)CCN(SC)CC1. The van der Waals surface area contributed by atoms with Gasteiger partial charge in [0.05, 0.1) is 0 Å². The van der Waals surface area contributed by atoms with Crippen LogP contribution >= 0.6 is 34.8 Å². The number of piperidine rings is 1. The average Bonchev–Trinajstić information content (AvgIpc) is 2.18. The van der Waals surface area contributed by atoms with Gasteiger partial charge in [0.25, 0.3) is 0 Å². The first-order valence-corrected chi connectivity index (χ1v) is 6.69. The Morgan fingerprint density at radius 1 is 1.46 bits per heavy atom. The molecule has 0 saturated carbocycles. The van der Waals surface area contributed by atoms with E-state index in [2.05, 4.69) is 49.0 Å². The zero-order valence-electron chi connectivity index (χ0n) is 8.51. The van der Waals surface area contributed by atoms with Crippen molar-refractivity contribution < 1.29 is 0 Å². The number of nitrogens with one attached hydrogen (secondary N) is 1. The Bertz CT molecular complexity index is 159. The molecule has 0 aliphatic carbocycles. The third-order valence-electron chi connectivity index (χ3n) is 2.73. The van der Waals surface area contributed by atoms with E-state index in [4.69, 9.17) is 0 Å². The van der Waals surface area contributed by atoms with E-state index in [0.29, 0.717) is 5.54 Å². The molecule has 0 radical (unpaired) electrons. The highest BCUT2D eigenvalue weighted by atomic mass is 127. The van der Waals surface area contributed by atoms with E-state index in [1.807, 2.05) is 19.0 Å². The van der Waals surface area contributed by atoms with Crippen LogP contribution in [-0.4, -0.2) is 39.5 Å². The molecule has 1 aliphatic heterocycles. The smallest absolute Gasteiger partial charge is 0.0455 e. The minimum absolute atomic E-state index is 0.321. The summed E-state index contributed by atoms with van der Waals surface area (Å²) in [5.41, 5.74) is 3.52. The Morgan fingerprint density at radius 2 is 2.00 bits per heavy atom. The van der Waals surface area contributed by atoms with Crippen LogP contribution in [0.15, 0.2) is 0 Å². The molecule has 0 amide bonds. The number of nitrogens with zero attached hydrogens (tertiary/aromatic N) is 2. The minimum atomic E-state index is 0.321. The summed E-state index contributed by atoms with van der Waals surface area (Å²) in [5, 5.41) is 0. The summed E-state index contributed by atoms with van der Waals surface area (Å²) in [6, 6.07) is 0. The van der Waals surface area contributed by atoms with Crippen molar-refractivity contribution in [2.75, 3.05) is 26.4 Å². The van der Waals surface area contributed by atoms with Gasteiger partial charge in [-0.3, -0.25) is 4.31 Å². The van der Waals surface area contributed by atoms with E-state index in [9.17, 15) is 0 Å². The van der Waals surface area contributed by atoms with Crippen molar-refractivity contribution in [3.8, 4) is 0 Å². The van der Waals surface area contributed by atoms with Crippen molar-refractivity contribution >= 4 is 34.8 Å². The standard InChI is InChI=1S/C8H18IN3S/c1-8(12(9)10-2)4-6-11(13-3)7-5-8/h10H,4-7H2,1-3H3. The van der Waals surface area contributed by atoms with E-state index < -0.39 is 0 Å². The molecule has 1 saturated heterocycles. The van der Waals surface area contributed by atoms with Crippen LogP contribution in [0.4, 0.5) is 0 Å². The Balaban J connectivity index is 2.46. The van der Waals surface area contributed by atoms with Crippen LogP contribution in [0.3, 0.4) is 0 Å². The summed E-state index contributed by atoms with van der Waals surface area (Å²) in [6.45, 7) is 4.71. The normalized spacial score (nSPS) is 23.8. The molecule has 1 heterocycles. The molecule has 78 valence electrons. The van der Waals surface area contributed by atoms with Crippen molar-refractivity contribution in [3.05, 3.63) is 0 Å². The molecule has 0 aromatic heterocycles. The molecular formula is C8H18IN3S. The molecule has 1 rings (SSSR count). The predicted molar refractivity (Wildman–Crippen MR) is 67.6 cm³/mol. The number of hydrazine groups is 1. The summed E-state index contributed by atoms with van der Waals surface area (Å²) >= 11 is 4.22. The van der Waals surface area contributed by atoms with Crippen molar-refractivity contribution in [2.45, 2.75) is 25.3 Å². The van der Waals surface area contributed by atoms with Crippen molar-refractivity contribution in [1.82, 2.24) is 13.0 Å². The van der Waals surface area contributed by atoms with Crippen LogP contribution < -0.4 is 5.43 Å². The molecule has 1 aliphatic rings. The van der Waals surface area contributed by atoms with E-state index in [1.54, 1.807) is 0 Å². The van der Waals surface area contributed by atoms with E-state index in [0.717, 1.165) is 0 Å². The van der Waals surface area contributed by atoms with Gasteiger partial charge in [0.15, 0.2) is 0 Å². The highest BCUT2D eigenvalue weighted by Gasteiger charge is 2.34. The molecule has 1 N–H and O–H groups in total. The molecule has 0 aromatic rings. The second-order valence-electron chi connectivity index (χ2n) is 3.61. The molecule has 3 nitrogen and oxygen atoms in total. The highest BCUT2D eigenvalue weighted by molar-refractivity contribution is 14.1. The fraction of sp³-hybridized carbons (Fsp3) is 1.00. The first-order chi connectivity index (χ1) is 6.12. The summed E-state index contributed by atoms with van der Waals surface area (Å²) in [7, 11) is 1.98. The number of hydrogen-bond acceptors (Lipinski definition) is 4. The molecule has 0 bridgehead atoms. The van der Waals surface area contributed by atoms with Crippen LogP contribution in [0.2, 0.25) is 0 Å². The van der Waals surface area contributed by atoms with Gasteiger partial charge in [-0.05, 0) is 33.1 Å². The zero-order valence-corrected chi connectivity index (χ0v) is 11.5. The third-order valence-corrected chi connectivity index (χ3v) is 5.26. The molecule has 0 atom stereocenters. The number of rotatable bonds is 3. The van der Waals surface area contributed by atoms with Gasteiger partial charge in [0.1, 0.15) is 0 Å². The van der Waals surface area contributed by atoms with Gasteiger partial charge in [0.2, 0.25) is 0 Å². The number of hydrogen-bond donors (Lipinski definition) is 1. The van der Waals surface area contributed by atoms with Crippen LogP contribution in [0, 0.1) is 0 Å². The lowest BCUT2D eigenvalue weighted by atomic mass is 9.92. The van der Waals surface area contributed by atoms with Gasteiger partial charge in [-0.15, -0.1) is 0 Å². The van der Waals surface area contributed by atoms with E-state index in [1.165, 1.54) is 25.9 Å². The van der Waals surface area contributed by atoms with Gasteiger partial charge in [-0.1, -0.05) is 11.9 Å². The first kappa shape index (κ1) is 12.0. The lowest BCUT2D eigenvalue weighted by Crippen LogP contribution is -2.52. The fourth-order valence-corrected chi connectivity index (χ4v) is 2.65. The topological polar surface area (TPSA) is 18.5 Å². The zero-order chi connectivity index (χ0) is 9.90. The van der Waals surface area contributed by atoms with Gasteiger partial charge in [-0.25, -0.2) is 5.43 Å². The molecule has 13 heavy (non-hydrogen) atoms. The summed E-state index contributed by atoms with van der Waals surface area (Å²) in [6.07, 6.45) is 4.62.